The Kier molecular flexibility index (Phi) is 8.35. The van der Waals surface area contributed by atoms with E-state index in [1.54, 1.807) is 19.3 Å². The maximum absolute atomic E-state index is 13.7. The zero-order valence-corrected chi connectivity index (χ0v) is 19.7. The molecule has 34 heavy (non-hydrogen) atoms. The lowest BCUT2D eigenvalue weighted by Gasteiger charge is -2.27. The van der Waals surface area contributed by atoms with Crippen LogP contribution in [0.1, 0.15) is 45.3 Å². The molecule has 0 aliphatic carbocycles. The highest BCUT2D eigenvalue weighted by Crippen LogP contribution is 2.49. The number of nitrogens with one attached hydrogen (secondary N) is 1. The van der Waals surface area contributed by atoms with Crippen molar-refractivity contribution in [3.8, 4) is 0 Å². The van der Waals surface area contributed by atoms with Crippen LogP contribution in [-0.2, 0) is 10.2 Å². The second-order valence-electron chi connectivity index (χ2n) is 7.13. The normalized spacial score (nSPS) is 17.8. The monoisotopic (exact) mass is 507 g/mol. The van der Waals surface area contributed by atoms with Crippen molar-refractivity contribution in [1.29, 1.82) is 0 Å². The minimum atomic E-state index is -4.66. The largest absolute Gasteiger partial charge is 0.401 e. The van der Waals surface area contributed by atoms with Gasteiger partial charge in [0.05, 0.1) is 35.2 Å². The molecule has 0 aromatic carbocycles. The first-order chi connectivity index (χ1) is 15.9. The second kappa shape index (κ2) is 10.5. The second-order valence-corrected chi connectivity index (χ2v) is 7.49. The molecule has 0 saturated carbocycles. The SMILES string of the molecule is CC.CC1(C(F)(F)F)CN(C=O)c2cnc3c(F)c(Cl)nn3c21.CNc1cnnc(C(C)F)c1. The predicted octanol–water partition coefficient (Wildman–Crippen LogP) is 4.89. The number of nitrogens with zero attached hydrogens (tertiary/aromatic N) is 6. The average Bonchev–Trinajstić information content (AvgIpc) is 3.29. The van der Waals surface area contributed by atoms with Gasteiger partial charge in [0, 0.05) is 13.6 Å². The third-order valence-corrected chi connectivity index (χ3v) is 5.21. The Morgan fingerprint density at radius 3 is 2.47 bits per heavy atom. The van der Waals surface area contributed by atoms with Gasteiger partial charge in [-0.25, -0.2) is 13.9 Å². The van der Waals surface area contributed by atoms with Gasteiger partial charge in [-0.2, -0.15) is 32.9 Å². The van der Waals surface area contributed by atoms with Crippen molar-refractivity contribution in [2.75, 3.05) is 23.8 Å². The molecule has 1 aliphatic rings. The van der Waals surface area contributed by atoms with Crippen LogP contribution >= 0.6 is 11.6 Å². The summed E-state index contributed by atoms with van der Waals surface area (Å²) in [6, 6.07) is 1.64. The first-order valence-corrected chi connectivity index (χ1v) is 10.5. The van der Waals surface area contributed by atoms with E-state index in [1.807, 2.05) is 13.8 Å². The molecule has 0 saturated heterocycles. The quantitative estimate of drug-likeness (QED) is 0.401. The zero-order chi connectivity index (χ0) is 25.8. The predicted molar refractivity (Wildman–Crippen MR) is 117 cm³/mol. The van der Waals surface area contributed by atoms with E-state index in [0.29, 0.717) is 10.2 Å². The number of alkyl halides is 4. The van der Waals surface area contributed by atoms with Crippen molar-refractivity contribution in [2.24, 2.45) is 0 Å². The summed E-state index contributed by atoms with van der Waals surface area (Å²) >= 11 is 5.52. The summed E-state index contributed by atoms with van der Waals surface area (Å²) < 4.78 is 67.4. The van der Waals surface area contributed by atoms with Gasteiger partial charge in [0.1, 0.15) is 11.6 Å². The summed E-state index contributed by atoms with van der Waals surface area (Å²) in [4.78, 5) is 15.5. The number of hydrogen-bond donors (Lipinski definition) is 1. The highest BCUT2D eigenvalue weighted by atomic mass is 35.5. The number of rotatable bonds is 3. The average molecular weight is 508 g/mol. The lowest BCUT2D eigenvalue weighted by molar-refractivity contribution is -0.181. The van der Waals surface area contributed by atoms with E-state index in [-0.39, 0.29) is 17.8 Å². The highest BCUT2D eigenvalue weighted by Gasteiger charge is 2.59. The highest BCUT2D eigenvalue weighted by molar-refractivity contribution is 6.29. The van der Waals surface area contributed by atoms with E-state index < -0.39 is 40.9 Å². The Morgan fingerprint density at radius 2 is 1.94 bits per heavy atom. The molecular formula is C20H23ClF5N7O. The maximum Gasteiger partial charge on any atom is 0.401 e. The number of amides is 1. The Bertz CT molecular complexity index is 1150. The molecule has 0 spiro atoms. The summed E-state index contributed by atoms with van der Waals surface area (Å²) in [6.45, 7) is 5.72. The van der Waals surface area contributed by atoms with Crippen LogP contribution in [0.25, 0.3) is 5.65 Å². The first kappa shape index (κ1) is 27.2. The fourth-order valence-electron chi connectivity index (χ4n) is 3.18. The van der Waals surface area contributed by atoms with E-state index in [4.69, 9.17) is 11.6 Å². The maximum atomic E-state index is 13.7. The fourth-order valence-corrected chi connectivity index (χ4v) is 3.34. The topological polar surface area (TPSA) is 88.3 Å². The fraction of sp³-hybridized carbons (Fsp3) is 0.450. The number of anilines is 2. The molecule has 1 amide bonds. The summed E-state index contributed by atoms with van der Waals surface area (Å²) in [5, 5.41) is 13.1. The van der Waals surface area contributed by atoms with Crippen molar-refractivity contribution in [2.45, 2.75) is 45.5 Å². The first-order valence-electron chi connectivity index (χ1n) is 10.1. The van der Waals surface area contributed by atoms with E-state index in [0.717, 1.165) is 23.7 Å². The van der Waals surface area contributed by atoms with Gasteiger partial charge in [0.2, 0.25) is 12.2 Å². The third-order valence-electron chi connectivity index (χ3n) is 4.97. The zero-order valence-electron chi connectivity index (χ0n) is 19.0. The van der Waals surface area contributed by atoms with Crippen molar-refractivity contribution in [1.82, 2.24) is 24.8 Å². The van der Waals surface area contributed by atoms with E-state index in [2.05, 4.69) is 25.6 Å². The number of hydrogen-bond acceptors (Lipinski definition) is 6. The van der Waals surface area contributed by atoms with Gasteiger partial charge in [0.15, 0.2) is 10.8 Å². The van der Waals surface area contributed by atoms with Gasteiger partial charge in [-0.1, -0.05) is 25.4 Å². The van der Waals surface area contributed by atoms with Gasteiger partial charge < -0.3 is 10.2 Å². The van der Waals surface area contributed by atoms with Gasteiger partial charge in [-0.3, -0.25) is 4.79 Å². The minimum Gasteiger partial charge on any atom is -0.387 e. The molecule has 0 bridgehead atoms. The van der Waals surface area contributed by atoms with Crippen LogP contribution in [-0.4, -0.2) is 51.0 Å². The summed E-state index contributed by atoms with van der Waals surface area (Å²) in [7, 11) is 1.75. The van der Waals surface area contributed by atoms with Crippen molar-refractivity contribution < 1.29 is 26.7 Å². The minimum absolute atomic E-state index is 0.0727. The Morgan fingerprint density at radius 1 is 1.29 bits per heavy atom. The molecular weight excluding hydrogens is 485 g/mol. The Balaban J connectivity index is 0.000000266. The van der Waals surface area contributed by atoms with Crippen LogP contribution in [0, 0.1) is 5.82 Å². The molecule has 1 aliphatic heterocycles. The molecule has 3 aromatic rings. The molecule has 14 heteroatoms. The summed E-state index contributed by atoms with van der Waals surface area (Å²) in [5.74, 6) is -1.01. The lowest BCUT2D eigenvalue weighted by atomic mass is 9.88. The van der Waals surface area contributed by atoms with Crippen LogP contribution in [0.4, 0.5) is 33.3 Å². The number of fused-ring (bicyclic) bond motifs is 3. The number of halogens is 6. The van der Waals surface area contributed by atoms with Gasteiger partial charge in [0.25, 0.3) is 0 Å². The van der Waals surface area contributed by atoms with Gasteiger partial charge in [-0.05, 0) is 19.9 Å². The molecule has 0 fully saturated rings. The van der Waals surface area contributed by atoms with Crippen LogP contribution in [0.2, 0.25) is 5.15 Å². The molecule has 1 N–H and O–H groups in total. The Hall–Kier alpha value is -3.09. The van der Waals surface area contributed by atoms with Gasteiger partial charge >= 0.3 is 6.18 Å². The van der Waals surface area contributed by atoms with Crippen molar-refractivity contribution in [3.63, 3.8) is 0 Å². The molecule has 186 valence electrons. The number of carbonyl (C=O) groups is 1. The molecule has 4 heterocycles. The van der Waals surface area contributed by atoms with Crippen LogP contribution < -0.4 is 10.2 Å². The summed E-state index contributed by atoms with van der Waals surface area (Å²) in [5.41, 5.74) is -2.11. The smallest absolute Gasteiger partial charge is 0.387 e. The standard InChI is InChI=1S/C11H7ClF4N4O.C7H10FN3.C2H6/c1-10(11(14,15)16)3-19(4-21)5-2-17-9-6(13)8(12)18-20(9)7(5)10;1-5(8)7-3-6(9-2)4-10-11-7;1-2/h2,4H,3H2,1H3;3-5H,1-2H3,(H,9,11);1-2H3. The lowest BCUT2D eigenvalue weighted by Crippen LogP contribution is -2.44. The van der Waals surface area contributed by atoms with Crippen LogP contribution in [0.3, 0.4) is 0 Å². The van der Waals surface area contributed by atoms with E-state index in [1.165, 1.54) is 6.92 Å². The van der Waals surface area contributed by atoms with Crippen molar-refractivity contribution >= 4 is 35.0 Å². The van der Waals surface area contributed by atoms with E-state index >= 15 is 0 Å². The Labute approximate surface area is 197 Å². The molecule has 8 nitrogen and oxygen atoms in total. The summed E-state index contributed by atoms with van der Waals surface area (Å²) in [6.07, 6.45) is -2.90. The molecule has 2 unspecified atom stereocenters. The number of carbonyl (C=O) groups excluding carboxylic acids is 1. The molecule has 4 rings (SSSR count). The molecule has 0 radical (unpaired) electrons. The number of aromatic nitrogens is 5. The molecule has 2 atom stereocenters. The van der Waals surface area contributed by atoms with Crippen LogP contribution in [0.15, 0.2) is 18.5 Å². The van der Waals surface area contributed by atoms with Gasteiger partial charge in [-0.15, -0.1) is 0 Å². The van der Waals surface area contributed by atoms with E-state index in [9.17, 15) is 26.7 Å². The molecule has 3 aromatic heterocycles. The van der Waals surface area contributed by atoms with Crippen molar-refractivity contribution in [3.05, 3.63) is 40.8 Å². The van der Waals surface area contributed by atoms with Crippen LogP contribution in [0.5, 0.6) is 0 Å². The third kappa shape index (κ3) is 4.88.